The van der Waals surface area contributed by atoms with Crippen molar-refractivity contribution in [1.29, 1.82) is 0 Å². The largest absolute Gasteiger partial charge is 0.310 e. The second kappa shape index (κ2) is 12.3. The molecule has 1 nitrogen and oxygen atoms in total. The number of hydrogen-bond donors (Lipinski definition) is 0. The molecule has 55 heavy (non-hydrogen) atoms. The predicted octanol–water partition coefficient (Wildman–Crippen LogP) is 15.5. The maximum absolute atomic E-state index is 2.48. The number of thiophene rings is 1. The molecule has 0 atom stereocenters. The van der Waals surface area contributed by atoms with Crippen LogP contribution in [0.15, 0.2) is 188 Å². The van der Waals surface area contributed by atoms with Crippen LogP contribution in [0.5, 0.6) is 0 Å². The highest BCUT2D eigenvalue weighted by molar-refractivity contribution is 7.26. The number of nitrogens with zero attached hydrogens (tertiary/aromatic N) is 1. The molecule has 0 saturated carbocycles. The van der Waals surface area contributed by atoms with Crippen LogP contribution in [0, 0.1) is 0 Å². The van der Waals surface area contributed by atoms with E-state index in [0.717, 1.165) is 17.1 Å². The van der Waals surface area contributed by atoms with Crippen LogP contribution in [0.4, 0.5) is 17.1 Å². The number of fused-ring (bicyclic) bond motifs is 9. The molecule has 1 aromatic heterocycles. The fourth-order valence-electron chi connectivity index (χ4n) is 9.24. The smallest absolute Gasteiger partial charge is 0.0540 e. The maximum Gasteiger partial charge on any atom is 0.0540 e. The quantitative estimate of drug-likeness (QED) is 0.171. The Balaban J connectivity index is 1.15. The summed E-state index contributed by atoms with van der Waals surface area (Å²) in [5, 5.41) is 7.74. The minimum atomic E-state index is -0.118. The fraction of sp³-hybridized carbons (Fsp3) is 0.0566. The Hall–Kier alpha value is -6.48. The van der Waals surface area contributed by atoms with Gasteiger partial charge in [-0.1, -0.05) is 159 Å². The molecule has 0 bridgehead atoms. The van der Waals surface area contributed by atoms with Crippen molar-refractivity contribution < 1.29 is 0 Å². The van der Waals surface area contributed by atoms with Crippen molar-refractivity contribution in [3.63, 3.8) is 0 Å². The van der Waals surface area contributed by atoms with Gasteiger partial charge in [-0.25, -0.2) is 0 Å². The lowest BCUT2D eigenvalue weighted by atomic mass is 9.82. The molecule has 0 amide bonds. The molecule has 1 aliphatic carbocycles. The number of hydrogen-bond acceptors (Lipinski definition) is 2. The van der Waals surface area contributed by atoms with Crippen molar-refractivity contribution in [2.45, 2.75) is 19.3 Å². The van der Waals surface area contributed by atoms with Crippen LogP contribution in [0.1, 0.15) is 25.0 Å². The van der Waals surface area contributed by atoms with Gasteiger partial charge in [-0.2, -0.15) is 0 Å². The van der Waals surface area contributed by atoms with Crippen LogP contribution in [0.2, 0.25) is 0 Å². The zero-order chi connectivity index (χ0) is 36.7. The van der Waals surface area contributed by atoms with Crippen molar-refractivity contribution in [2.24, 2.45) is 0 Å². The predicted molar refractivity (Wildman–Crippen MR) is 237 cm³/mol. The minimum Gasteiger partial charge on any atom is -0.310 e. The zero-order valence-corrected chi connectivity index (χ0v) is 31.6. The summed E-state index contributed by atoms with van der Waals surface area (Å²) in [5.74, 6) is 0. The van der Waals surface area contributed by atoms with E-state index in [0.29, 0.717) is 0 Å². The van der Waals surface area contributed by atoms with Crippen molar-refractivity contribution in [2.75, 3.05) is 4.90 Å². The second-order valence-corrected chi connectivity index (χ2v) is 16.4. The highest BCUT2D eigenvalue weighted by atomic mass is 32.1. The summed E-state index contributed by atoms with van der Waals surface area (Å²) in [5.41, 5.74) is 13.6. The van der Waals surface area contributed by atoms with E-state index < -0.39 is 0 Å². The first kappa shape index (κ1) is 32.0. The van der Waals surface area contributed by atoms with Gasteiger partial charge in [0.1, 0.15) is 0 Å². The molecule has 0 aliphatic heterocycles. The van der Waals surface area contributed by atoms with Crippen LogP contribution in [0.3, 0.4) is 0 Å². The summed E-state index contributed by atoms with van der Waals surface area (Å²) in [7, 11) is 0. The van der Waals surface area contributed by atoms with E-state index in [1.54, 1.807) is 0 Å². The Kier molecular flexibility index (Phi) is 7.14. The number of para-hydroxylation sites is 1. The first-order valence-corrected chi connectivity index (χ1v) is 19.9. The van der Waals surface area contributed by atoms with Crippen molar-refractivity contribution in [3.8, 4) is 33.4 Å². The van der Waals surface area contributed by atoms with E-state index in [1.165, 1.54) is 86.2 Å². The van der Waals surface area contributed by atoms with Gasteiger partial charge in [0.2, 0.25) is 0 Å². The van der Waals surface area contributed by atoms with Crippen LogP contribution in [0.25, 0.3) is 75.1 Å². The fourth-order valence-corrected chi connectivity index (χ4v) is 10.4. The van der Waals surface area contributed by atoms with E-state index in [4.69, 9.17) is 0 Å². The summed E-state index contributed by atoms with van der Waals surface area (Å²) in [6.45, 7) is 4.73. The molecule has 0 saturated heterocycles. The molecule has 0 fully saturated rings. The van der Waals surface area contributed by atoms with Gasteiger partial charge in [0.15, 0.2) is 0 Å². The molecule has 0 radical (unpaired) electrons. The molecular formula is C53H37NS. The SMILES string of the molecule is CC1(C)c2ccccc2-c2ccc(N(c3ccc(-c4cccc5ccccc45)cc3)c3ccccc3-c3cccc4ccc5sc6ccccc6c5c34)cc21. The lowest BCUT2D eigenvalue weighted by molar-refractivity contribution is 0.660. The first-order chi connectivity index (χ1) is 27.0. The molecule has 0 unspecified atom stereocenters. The van der Waals surface area contributed by atoms with Crippen LogP contribution >= 0.6 is 11.3 Å². The van der Waals surface area contributed by atoms with E-state index in [9.17, 15) is 0 Å². The molecule has 1 aliphatic rings. The van der Waals surface area contributed by atoms with Gasteiger partial charge in [-0.15, -0.1) is 11.3 Å². The van der Waals surface area contributed by atoms with E-state index >= 15 is 0 Å². The highest BCUT2D eigenvalue weighted by Gasteiger charge is 2.36. The Labute approximate surface area is 325 Å². The van der Waals surface area contributed by atoms with Gasteiger partial charge >= 0.3 is 0 Å². The Morgan fingerprint density at radius 3 is 1.91 bits per heavy atom. The summed E-state index contributed by atoms with van der Waals surface area (Å²) >= 11 is 1.88. The molecule has 10 aromatic rings. The van der Waals surface area contributed by atoms with Gasteiger partial charge in [0.05, 0.1) is 5.69 Å². The van der Waals surface area contributed by atoms with Gasteiger partial charge in [0.25, 0.3) is 0 Å². The third-order valence-electron chi connectivity index (χ3n) is 11.9. The van der Waals surface area contributed by atoms with E-state index in [-0.39, 0.29) is 5.41 Å². The van der Waals surface area contributed by atoms with Gasteiger partial charge in [-0.05, 0) is 103 Å². The van der Waals surface area contributed by atoms with Crippen LogP contribution in [-0.4, -0.2) is 0 Å². The molecule has 0 N–H and O–H groups in total. The van der Waals surface area contributed by atoms with E-state index in [2.05, 4.69) is 207 Å². The zero-order valence-electron chi connectivity index (χ0n) is 30.8. The molecule has 0 spiro atoms. The Bertz CT molecular complexity index is 3120. The summed E-state index contributed by atoms with van der Waals surface area (Å²) in [6, 6.07) is 69.7. The van der Waals surface area contributed by atoms with Crippen molar-refractivity contribution >= 4 is 70.1 Å². The standard InChI is InChI=1S/C53H37NS/c1-53(2)46-22-8-5-17-41(46)42-31-30-38(33-47(42)53)54(37-28-25-35(26-29-37)40-20-11-14-34-13-3-4-16-39(34)40)48-23-9-6-18-43(48)44-21-12-15-36-27-32-50-52(51(36)44)45-19-7-10-24-49(45)55-50/h3-33H,1-2H3. The third-order valence-corrected chi connectivity index (χ3v) is 13.0. The average Bonchev–Trinajstić information content (AvgIpc) is 3.73. The summed E-state index contributed by atoms with van der Waals surface area (Å²) < 4.78 is 2.64. The molecular weight excluding hydrogens is 683 g/mol. The molecule has 11 rings (SSSR count). The highest BCUT2D eigenvalue weighted by Crippen LogP contribution is 2.52. The topological polar surface area (TPSA) is 3.24 Å². The number of benzene rings is 9. The Morgan fingerprint density at radius 1 is 0.400 bits per heavy atom. The Morgan fingerprint density at radius 2 is 1.04 bits per heavy atom. The second-order valence-electron chi connectivity index (χ2n) is 15.3. The number of rotatable bonds is 5. The number of anilines is 3. The summed E-state index contributed by atoms with van der Waals surface area (Å²) in [4.78, 5) is 2.48. The van der Waals surface area contributed by atoms with Crippen LogP contribution < -0.4 is 4.90 Å². The van der Waals surface area contributed by atoms with Gasteiger partial charge < -0.3 is 4.90 Å². The average molecular weight is 720 g/mol. The molecule has 260 valence electrons. The monoisotopic (exact) mass is 719 g/mol. The maximum atomic E-state index is 2.48. The van der Waals surface area contributed by atoms with Crippen molar-refractivity contribution in [3.05, 3.63) is 199 Å². The van der Waals surface area contributed by atoms with E-state index in [1.807, 2.05) is 11.3 Å². The lowest BCUT2D eigenvalue weighted by Gasteiger charge is -2.30. The first-order valence-electron chi connectivity index (χ1n) is 19.1. The third kappa shape index (κ3) is 4.92. The van der Waals surface area contributed by atoms with Crippen LogP contribution in [-0.2, 0) is 5.41 Å². The normalized spacial score (nSPS) is 13.1. The molecule has 9 aromatic carbocycles. The molecule has 1 heterocycles. The van der Waals surface area contributed by atoms with Gasteiger partial charge in [-0.3, -0.25) is 0 Å². The minimum absolute atomic E-state index is 0.118. The van der Waals surface area contributed by atoms with Crippen molar-refractivity contribution in [1.82, 2.24) is 0 Å². The van der Waals surface area contributed by atoms with Gasteiger partial charge in [0, 0.05) is 42.5 Å². The lowest BCUT2D eigenvalue weighted by Crippen LogP contribution is -2.16. The summed E-state index contributed by atoms with van der Waals surface area (Å²) in [6.07, 6.45) is 0. The molecule has 2 heteroatoms.